The first-order valence-electron chi connectivity index (χ1n) is 21.7. The first-order chi connectivity index (χ1) is 26.1. The van der Waals surface area contributed by atoms with Crippen LogP contribution in [0.3, 0.4) is 0 Å². The maximum absolute atomic E-state index is 12.3. The molecule has 0 aromatic carbocycles. The van der Waals surface area contributed by atoms with E-state index in [1.165, 1.54) is 109 Å². The maximum atomic E-state index is 12.3. The number of unbranched alkanes of at least 4 members (excludes halogenated alkanes) is 25. The third-order valence-electron chi connectivity index (χ3n) is 9.55. The summed E-state index contributed by atoms with van der Waals surface area (Å²) in [5.41, 5.74) is 0. The summed E-state index contributed by atoms with van der Waals surface area (Å²) in [7, 11) is -4.75. The number of phosphoric ester groups is 1. The Bertz CT molecular complexity index is 979. The highest BCUT2D eigenvalue weighted by Crippen LogP contribution is 2.43. The first kappa shape index (κ1) is 52.2. The molecule has 318 valence electrons. The fourth-order valence-corrected chi connectivity index (χ4v) is 6.89. The fourth-order valence-electron chi connectivity index (χ4n) is 6.12. The van der Waals surface area contributed by atoms with Gasteiger partial charge in [0.05, 0.1) is 13.2 Å². The van der Waals surface area contributed by atoms with Gasteiger partial charge in [0.1, 0.15) is 12.7 Å². The van der Waals surface area contributed by atoms with Crippen LogP contribution in [0.1, 0.15) is 206 Å². The SMILES string of the molecule is CCCC/C=C\CCCCCCCC(=O)OCC(O)COP(=O)(O)OCC(NC(=O)CCCCCCCCCCCCCCCCCCCCC)C(=O)O. The number of phosphoric acid groups is 1. The van der Waals surface area contributed by atoms with Gasteiger partial charge >= 0.3 is 19.8 Å². The van der Waals surface area contributed by atoms with E-state index >= 15 is 0 Å². The number of carbonyl (C=O) groups is 3. The molecule has 0 spiro atoms. The van der Waals surface area contributed by atoms with Crippen LogP contribution in [0, 0.1) is 0 Å². The van der Waals surface area contributed by atoms with Crippen molar-refractivity contribution in [1.29, 1.82) is 0 Å². The normalized spacial score (nSPS) is 13.9. The molecule has 0 fully saturated rings. The van der Waals surface area contributed by atoms with E-state index in [1.54, 1.807) is 0 Å². The van der Waals surface area contributed by atoms with Crippen molar-refractivity contribution in [2.75, 3.05) is 19.8 Å². The number of rotatable bonds is 41. The van der Waals surface area contributed by atoms with Crippen LogP contribution in [-0.2, 0) is 32.7 Å². The van der Waals surface area contributed by atoms with E-state index < -0.39 is 57.6 Å². The van der Waals surface area contributed by atoms with Crippen LogP contribution in [0.5, 0.6) is 0 Å². The minimum absolute atomic E-state index is 0.151. The van der Waals surface area contributed by atoms with Crippen LogP contribution in [0.25, 0.3) is 0 Å². The second-order valence-corrected chi connectivity index (χ2v) is 16.3. The van der Waals surface area contributed by atoms with Gasteiger partial charge in [-0.2, -0.15) is 0 Å². The molecule has 0 aromatic rings. The number of nitrogens with one attached hydrogen (secondary N) is 1. The van der Waals surface area contributed by atoms with Crippen molar-refractivity contribution in [2.24, 2.45) is 0 Å². The average molecular weight is 790 g/mol. The molecule has 0 heterocycles. The van der Waals surface area contributed by atoms with E-state index in [0.29, 0.717) is 12.8 Å². The summed E-state index contributed by atoms with van der Waals surface area (Å²) >= 11 is 0. The molecule has 4 N–H and O–H groups in total. The van der Waals surface area contributed by atoms with Crippen molar-refractivity contribution in [3.05, 3.63) is 12.2 Å². The molecule has 0 aliphatic carbocycles. The summed E-state index contributed by atoms with van der Waals surface area (Å²) in [4.78, 5) is 45.8. The number of amides is 1. The predicted molar refractivity (Wildman–Crippen MR) is 217 cm³/mol. The molecule has 0 aliphatic rings. The van der Waals surface area contributed by atoms with Crippen LogP contribution in [0.2, 0.25) is 0 Å². The van der Waals surface area contributed by atoms with Gasteiger partial charge in [0.25, 0.3) is 0 Å². The van der Waals surface area contributed by atoms with Gasteiger partial charge in [-0.25, -0.2) is 9.36 Å². The molecule has 0 saturated heterocycles. The van der Waals surface area contributed by atoms with Gasteiger partial charge in [0.15, 0.2) is 6.04 Å². The number of carbonyl (C=O) groups excluding carboxylic acids is 2. The number of aliphatic hydroxyl groups is 1. The lowest BCUT2D eigenvalue weighted by Crippen LogP contribution is -2.43. The van der Waals surface area contributed by atoms with Crippen molar-refractivity contribution in [3.63, 3.8) is 0 Å². The summed E-state index contributed by atoms with van der Waals surface area (Å²) in [6.07, 6.45) is 36.7. The van der Waals surface area contributed by atoms with E-state index in [-0.39, 0.29) is 12.8 Å². The van der Waals surface area contributed by atoms with Gasteiger partial charge in [-0.3, -0.25) is 18.6 Å². The molecule has 54 heavy (non-hydrogen) atoms. The quantitative estimate of drug-likeness (QED) is 0.0202. The van der Waals surface area contributed by atoms with Crippen LogP contribution < -0.4 is 5.32 Å². The minimum Gasteiger partial charge on any atom is -0.480 e. The molecule has 11 nitrogen and oxygen atoms in total. The lowest BCUT2D eigenvalue weighted by molar-refractivity contribution is -0.147. The molecule has 0 bridgehead atoms. The van der Waals surface area contributed by atoms with Gasteiger partial charge in [-0.05, 0) is 32.1 Å². The number of ether oxygens (including phenoxy) is 1. The average Bonchev–Trinajstić information content (AvgIpc) is 3.14. The molecule has 3 atom stereocenters. The van der Waals surface area contributed by atoms with E-state index in [0.717, 1.165) is 57.8 Å². The van der Waals surface area contributed by atoms with Crippen LogP contribution in [0.15, 0.2) is 12.2 Å². The Morgan fingerprint density at radius 2 is 0.981 bits per heavy atom. The van der Waals surface area contributed by atoms with E-state index in [1.807, 2.05) is 0 Å². The Kier molecular flexibility index (Phi) is 36.9. The number of hydrogen-bond donors (Lipinski definition) is 4. The summed E-state index contributed by atoms with van der Waals surface area (Å²) < 4.78 is 26.8. The maximum Gasteiger partial charge on any atom is 0.472 e. The van der Waals surface area contributed by atoms with Crippen LogP contribution in [-0.4, -0.2) is 64.9 Å². The molecular formula is C42H80NO10P. The Labute approximate surface area is 328 Å². The third-order valence-corrected chi connectivity index (χ3v) is 10.5. The molecule has 0 radical (unpaired) electrons. The molecule has 12 heteroatoms. The Morgan fingerprint density at radius 3 is 1.46 bits per heavy atom. The van der Waals surface area contributed by atoms with Crippen LogP contribution in [0.4, 0.5) is 0 Å². The summed E-state index contributed by atoms with van der Waals surface area (Å²) in [5, 5.41) is 21.8. The summed E-state index contributed by atoms with van der Waals surface area (Å²) in [5.74, 6) is -2.37. The summed E-state index contributed by atoms with van der Waals surface area (Å²) in [6, 6.07) is -1.54. The number of allylic oxidation sites excluding steroid dienone is 2. The third kappa shape index (κ3) is 37.2. The van der Waals surface area contributed by atoms with Crippen molar-refractivity contribution >= 4 is 25.7 Å². The molecule has 3 unspecified atom stereocenters. The van der Waals surface area contributed by atoms with Crippen molar-refractivity contribution in [2.45, 2.75) is 219 Å². The van der Waals surface area contributed by atoms with Gasteiger partial charge < -0.3 is 25.2 Å². The van der Waals surface area contributed by atoms with Gasteiger partial charge in [0, 0.05) is 12.8 Å². The van der Waals surface area contributed by atoms with Gasteiger partial charge in [0.2, 0.25) is 5.91 Å². The highest BCUT2D eigenvalue weighted by atomic mass is 31.2. The predicted octanol–water partition coefficient (Wildman–Crippen LogP) is 10.9. The number of aliphatic carboxylic acids is 1. The van der Waals surface area contributed by atoms with E-state index in [4.69, 9.17) is 13.8 Å². The molecule has 0 aliphatic heterocycles. The van der Waals surface area contributed by atoms with Crippen molar-refractivity contribution in [3.8, 4) is 0 Å². The number of aliphatic hydroxyl groups excluding tert-OH is 1. The molecule has 0 saturated carbocycles. The zero-order chi connectivity index (χ0) is 40.0. The molecular weight excluding hydrogens is 709 g/mol. The molecule has 0 rings (SSSR count). The topological polar surface area (TPSA) is 169 Å². The standard InChI is InChI=1S/C42H80NO10P/c1-3-5-7-9-11-13-15-16-17-18-19-20-21-22-24-25-27-29-31-33-40(45)43-39(42(47)48)37-53-54(49,50)52-36-38(44)35-51-41(46)34-32-30-28-26-23-14-12-10-8-6-4-2/h10,12,38-39,44H,3-9,11,13-37H2,1-2H3,(H,43,45)(H,47,48)(H,49,50)/b12-10-. The number of carboxylic acids is 1. The number of hydrogen-bond acceptors (Lipinski definition) is 8. The first-order valence-corrected chi connectivity index (χ1v) is 23.2. The van der Waals surface area contributed by atoms with Crippen LogP contribution >= 0.6 is 7.82 Å². The molecule has 1 amide bonds. The van der Waals surface area contributed by atoms with E-state index in [2.05, 4.69) is 31.3 Å². The Balaban J connectivity index is 3.87. The highest BCUT2D eigenvalue weighted by molar-refractivity contribution is 7.47. The minimum atomic E-state index is -4.75. The van der Waals surface area contributed by atoms with E-state index in [9.17, 15) is 34.1 Å². The monoisotopic (exact) mass is 790 g/mol. The number of carboxylic acid groups (broad SMARTS) is 1. The van der Waals surface area contributed by atoms with Gasteiger partial charge in [-0.1, -0.05) is 174 Å². The second kappa shape index (κ2) is 38.1. The molecule has 0 aromatic heterocycles. The zero-order valence-electron chi connectivity index (χ0n) is 34.3. The van der Waals surface area contributed by atoms with Crippen molar-refractivity contribution in [1.82, 2.24) is 5.32 Å². The van der Waals surface area contributed by atoms with Crippen molar-refractivity contribution < 1.29 is 47.8 Å². The number of esters is 1. The summed E-state index contributed by atoms with van der Waals surface area (Å²) in [6.45, 7) is 2.56. The fraction of sp³-hybridized carbons (Fsp3) is 0.881. The second-order valence-electron chi connectivity index (χ2n) is 14.9. The highest BCUT2D eigenvalue weighted by Gasteiger charge is 2.28. The zero-order valence-corrected chi connectivity index (χ0v) is 35.2. The smallest absolute Gasteiger partial charge is 0.472 e. The lowest BCUT2D eigenvalue weighted by Gasteiger charge is -2.18. The van der Waals surface area contributed by atoms with Gasteiger partial charge in [-0.15, -0.1) is 0 Å². The lowest BCUT2D eigenvalue weighted by atomic mass is 10.0. The Morgan fingerprint density at radius 1 is 0.574 bits per heavy atom. The largest absolute Gasteiger partial charge is 0.480 e. The Hall–Kier alpha value is -1.78.